The highest BCUT2D eigenvalue weighted by Gasteiger charge is 2.33. The summed E-state index contributed by atoms with van der Waals surface area (Å²) in [5, 5.41) is 2.51. The average Bonchev–Trinajstić information content (AvgIpc) is 2.65. The fourth-order valence-electron chi connectivity index (χ4n) is 4.72. The molecule has 25 heavy (non-hydrogen) atoms. The second-order valence-electron chi connectivity index (χ2n) is 7.61. The summed E-state index contributed by atoms with van der Waals surface area (Å²) in [6.45, 7) is 2.22. The molecule has 0 bridgehead atoms. The van der Waals surface area contributed by atoms with E-state index in [4.69, 9.17) is 4.74 Å². The molecule has 1 aromatic heterocycles. The molecular formula is C23H24NO+. The summed E-state index contributed by atoms with van der Waals surface area (Å²) in [5.41, 5.74) is 5.30. The number of hydrogen-bond acceptors (Lipinski definition) is 1. The summed E-state index contributed by atoms with van der Waals surface area (Å²) < 4.78 is 8.78. The lowest BCUT2D eigenvalue weighted by molar-refractivity contribution is -0.660. The molecule has 1 fully saturated rings. The number of fused-ring (bicyclic) bond motifs is 2. The fourth-order valence-corrected chi connectivity index (χ4v) is 4.72. The molecule has 3 aromatic rings. The molecule has 2 aromatic carbocycles. The van der Waals surface area contributed by atoms with E-state index in [1.807, 2.05) is 0 Å². The van der Waals surface area contributed by atoms with Gasteiger partial charge in [-0.05, 0) is 42.7 Å². The second-order valence-corrected chi connectivity index (χ2v) is 7.61. The van der Waals surface area contributed by atoms with Crippen LogP contribution in [0.25, 0.3) is 22.0 Å². The van der Waals surface area contributed by atoms with Crippen molar-refractivity contribution in [3.05, 3.63) is 53.7 Å². The van der Waals surface area contributed by atoms with E-state index in [0.717, 1.165) is 11.5 Å². The molecule has 0 unspecified atom stereocenters. The van der Waals surface area contributed by atoms with Gasteiger partial charge in [0, 0.05) is 17.0 Å². The molecule has 5 rings (SSSR count). The lowest BCUT2D eigenvalue weighted by Gasteiger charge is -2.27. The average molecular weight is 330 g/mol. The van der Waals surface area contributed by atoms with E-state index < -0.39 is 0 Å². The first-order valence-electron chi connectivity index (χ1n) is 9.47. The number of hydrogen-bond donors (Lipinski definition) is 0. The third kappa shape index (κ3) is 2.20. The van der Waals surface area contributed by atoms with Crippen molar-refractivity contribution in [3.8, 4) is 22.8 Å². The van der Waals surface area contributed by atoms with Gasteiger partial charge in [-0.25, -0.2) is 0 Å². The van der Waals surface area contributed by atoms with Crippen molar-refractivity contribution in [1.29, 1.82) is 0 Å². The van der Waals surface area contributed by atoms with Gasteiger partial charge < -0.3 is 4.74 Å². The van der Waals surface area contributed by atoms with Crippen LogP contribution in [0.2, 0.25) is 0 Å². The van der Waals surface area contributed by atoms with Gasteiger partial charge in [0.05, 0.1) is 5.56 Å². The molecule has 0 saturated heterocycles. The van der Waals surface area contributed by atoms with E-state index in [0.29, 0.717) is 5.92 Å². The van der Waals surface area contributed by atoms with Gasteiger partial charge in [0.1, 0.15) is 12.8 Å². The molecule has 2 nitrogen and oxygen atoms in total. The molecule has 0 radical (unpaired) electrons. The van der Waals surface area contributed by atoms with Crippen molar-refractivity contribution in [1.82, 2.24) is 0 Å². The molecule has 126 valence electrons. The number of ether oxygens (including phenoxy) is 1. The van der Waals surface area contributed by atoms with Gasteiger partial charge in [0.25, 0.3) is 5.69 Å². The van der Waals surface area contributed by atoms with Gasteiger partial charge >= 0.3 is 0 Å². The van der Waals surface area contributed by atoms with Crippen LogP contribution in [0.5, 0.6) is 11.5 Å². The maximum absolute atomic E-state index is 6.55. The van der Waals surface area contributed by atoms with E-state index in [2.05, 4.69) is 61.1 Å². The molecule has 1 saturated carbocycles. The zero-order valence-electron chi connectivity index (χ0n) is 15.0. The highest BCUT2D eigenvalue weighted by Crippen LogP contribution is 2.50. The van der Waals surface area contributed by atoms with Crippen LogP contribution in [0.3, 0.4) is 0 Å². The van der Waals surface area contributed by atoms with Crippen molar-refractivity contribution in [2.45, 2.75) is 44.9 Å². The monoisotopic (exact) mass is 330 g/mol. The number of aromatic nitrogens is 1. The Bertz CT molecular complexity index is 983. The van der Waals surface area contributed by atoms with Crippen molar-refractivity contribution < 1.29 is 9.30 Å². The number of benzene rings is 2. The van der Waals surface area contributed by atoms with Crippen LogP contribution in [-0.2, 0) is 7.05 Å². The minimum atomic E-state index is 0.633. The SMILES string of the molecule is Cc1ccc2cccc3c2c1-c1c(c(C2CCCCC2)cc[n+]1C)O3. The van der Waals surface area contributed by atoms with Crippen molar-refractivity contribution >= 4 is 10.8 Å². The number of rotatable bonds is 1. The third-order valence-corrected chi connectivity index (χ3v) is 6.02. The Balaban J connectivity index is 1.82. The van der Waals surface area contributed by atoms with Gasteiger partial charge in [-0.2, -0.15) is 4.57 Å². The summed E-state index contributed by atoms with van der Waals surface area (Å²) in [6.07, 6.45) is 8.85. The summed E-state index contributed by atoms with van der Waals surface area (Å²) in [5.74, 6) is 2.73. The van der Waals surface area contributed by atoms with Crippen LogP contribution in [0.1, 0.15) is 49.1 Å². The first-order chi connectivity index (χ1) is 12.2. The quantitative estimate of drug-likeness (QED) is 0.402. The van der Waals surface area contributed by atoms with Crippen molar-refractivity contribution in [3.63, 3.8) is 0 Å². The molecule has 0 amide bonds. The van der Waals surface area contributed by atoms with Crippen LogP contribution in [0.4, 0.5) is 0 Å². The molecule has 0 spiro atoms. The smallest absolute Gasteiger partial charge is 0.256 e. The molecule has 2 aliphatic rings. The summed E-state index contributed by atoms with van der Waals surface area (Å²) >= 11 is 0. The second kappa shape index (κ2) is 5.59. The van der Waals surface area contributed by atoms with Crippen LogP contribution in [0, 0.1) is 6.92 Å². The molecule has 0 atom stereocenters. The van der Waals surface area contributed by atoms with E-state index >= 15 is 0 Å². The largest absolute Gasteiger partial charge is 0.449 e. The minimum Gasteiger partial charge on any atom is -0.449 e. The van der Waals surface area contributed by atoms with E-state index in [-0.39, 0.29) is 0 Å². The van der Waals surface area contributed by atoms with Crippen LogP contribution in [0.15, 0.2) is 42.6 Å². The van der Waals surface area contributed by atoms with E-state index in [1.54, 1.807) is 0 Å². The minimum absolute atomic E-state index is 0.633. The van der Waals surface area contributed by atoms with E-state index in [9.17, 15) is 0 Å². The van der Waals surface area contributed by atoms with Crippen molar-refractivity contribution in [2.75, 3.05) is 0 Å². The summed E-state index contributed by atoms with van der Waals surface area (Å²) in [6, 6.07) is 13.1. The normalized spacial score (nSPS) is 16.6. The van der Waals surface area contributed by atoms with Crippen molar-refractivity contribution in [2.24, 2.45) is 7.05 Å². The predicted molar refractivity (Wildman–Crippen MR) is 101 cm³/mol. The fraction of sp³-hybridized carbons (Fsp3) is 0.348. The first kappa shape index (κ1) is 14.9. The van der Waals surface area contributed by atoms with E-state index in [1.165, 1.54) is 65.3 Å². The van der Waals surface area contributed by atoms with Gasteiger partial charge in [0.15, 0.2) is 6.20 Å². The lowest BCUT2D eigenvalue weighted by atomic mass is 9.82. The van der Waals surface area contributed by atoms with Gasteiger partial charge in [0.2, 0.25) is 5.75 Å². The predicted octanol–water partition coefficient (Wildman–Crippen LogP) is 5.79. The zero-order valence-corrected chi connectivity index (χ0v) is 15.0. The molecule has 2 heteroatoms. The third-order valence-electron chi connectivity index (χ3n) is 6.02. The van der Waals surface area contributed by atoms with Gasteiger partial charge in [-0.15, -0.1) is 0 Å². The Morgan fingerprint density at radius 2 is 1.84 bits per heavy atom. The molecule has 1 aliphatic carbocycles. The molecular weight excluding hydrogens is 306 g/mol. The van der Waals surface area contributed by atoms with Crippen LogP contribution in [-0.4, -0.2) is 0 Å². The maximum Gasteiger partial charge on any atom is 0.256 e. The van der Waals surface area contributed by atoms with Gasteiger partial charge in [-0.3, -0.25) is 0 Å². The Morgan fingerprint density at radius 1 is 1.00 bits per heavy atom. The zero-order chi connectivity index (χ0) is 17.0. The standard InChI is InChI=1S/C23H24NO/c1-15-11-12-17-9-6-10-19-21(17)20(15)22-23(25-19)18(13-14-24(22)2)16-7-4-3-5-8-16/h6,9-14,16H,3-5,7-8H2,1-2H3/q+1. The van der Waals surface area contributed by atoms with Crippen LogP contribution >= 0.6 is 0 Å². The molecule has 1 aliphatic heterocycles. The Morgan fingerprint density at radius 3 is 2.68 bits per heavy atom. The highest BCUT2D eigenvalue weighted by atomic mass is 16.5. The number of pyridine rings is 1. The first-order valence-corrected chi connectivity index (χ1v) is 9.47. The highest BCUT2D eigenvalue weighted by molar-refractivity contribution is 6.04. The van der Waals surface area contributed by atoms with Crippen LogP contribution < -0.4 is 9.30 Å². The maximum atomic E-state index is 6.55. The Hall–Kier alpha value is -2.35. The number of nitrogens with zero attached hydrogens (tertiary/aromatic N) is 1. The Kier molecular flexibility index (Phi) is 3.34. The molecule has 0 N–H and O–H groups in total. The summed E-state index contributed by atoms with van der Waals surface area (Å²) in [4.78, 5) is 0. The van der Waals surface area contributed by atoms with Gasteiger partial charge in [-0.1, -0.05) is 43.5 Å². The lowest BCUT2D eigenvalue weighted by Crippen LogP contribution is -2.33. The topological polar surface area (TPSA) is 13.1 Å². The number of aryl methyl sites for hydroxylation is 2. The molecule has 2 heterocycles. The Labute approximate surface area is 149 Å². The summed E-state index contributed by atoms with van der Waals surface area (Å²) in [7, 11) is 2.14.